The number of hydrogen-bond donors (Lipinski definition) is 0. The topological polar surface area (TPSA) is 50.5 Å². The zero-order valence-electron chi connectivity index (χ0n) is 25.4. The Hall–Kier alpha value is -2.47. The summed E-state index contributed by atoms with van der Waals surface area (Å²) in [4.78, 5) is 20.4. The number of rotatable bonds is 4. The fourth-order valence-electron chi connectivity index (χ4n) is 6.18. The van der Waals surface area contributed by atoms with Gasteiger partial charge in [-0.2, -0.15) is 0 Å². The molecule has 0 aliphatic heterocycles. The molecule has 2 aromatic heterocycles. The molecule has 0 amide bonds. The van der Waals surface area contributed by atoms with Crippen LogP contribution in [-0.4, -0.2) is 34.5 Å². The molecule has 0 unspecified atom stereocenters. The van der Waals surface area contributed by atoms with Gasteiger partial charge >= 0.3 is 39.3 Å². The van der Waals surface area contributed by atoms with Crippen molar-refractivity contribution < 1.29 is 10.9 Å². The molecule has 0 saturated heterocycles. The first kappa shape index (κ1) is 31.9. The standard InChI is InChI=1S/C36H38N4.2BrH.Ni/c1-35(2,3)29-19-11-13-23(39-29)21-37-33-31-25-15-7-9-17-27(25)32(28-18-10-8-16-26(28)31)34(33)38-22-24-14-12-20-30(40-24)36(4,5)6;;;/h7-22,31-34H,1-6H3;2*1H;/q;;;+2/p-2/t31?,32?,33-,34-;;;/m1.../s1. The fraction of sp³-hybridized carbons (Fsp3) is 0.333. The van der Waals surface area contributed by atoms with Gasteiger partial charge in [0.15, 0.2) is 0 Å². The molecule has 0 saturated carbocycles. The van der Waals surface area contributed by atoms with Gasteiger partial charge in [0.1, 0.15) is 0 Å². The Kier molecular flexibility index (Phi) is 9.85. The molecule has 4 nitrogen and oxygen atoms in total. The first-order valence-electron chi connectivity index (χ1n) is 14.5. The Morgan fingerprint density at radius 2 is 0.884 bits per heavy atom. The van der Waals surface area contributed by atoms with E-state index >= 15 is 0 Å². The van der Waals surface area contributed by atoms with Crippen LogP contribution in [0, 0.1) is 0 Å². The molecule has 43 heavy (non-hydrogen) atoms. The van der Waals surface area contributed by atoms with Crippen LogP contribution < -0.4 is 0 Å². The third kappa shape index (κ3) is 6.95. The van der Waals surface area contributed by atoms with Crippen LogP contribution in [0.1, 0.15) is 98.4 Å². The van der Waals surface area contributed by atoms with Gasteiger partial charge in [-0.15, -0.1) is 0 Å². The molecule has 0 spiro atoms. The van der Waals surface area contributed by atoms with Crippen LogP contribution in [0.5, 0.6) is 0 Å². The Labute approximate surface area is 276 Å². The van der Waals surface area contributed by atoms with Gasteiger partial charge in [-0.1, -0.05) is 102 Å². The average Bonchev–Trinajstić information content (AvgIpc) is 2.99. The number of hydrogen-bond acceptors (Lipinski definition) is 4. The van der Waals surface area contributed by atoms with Crippen LogP contribution in [0.4, 0.5) is 0 Å². The van der Waals surface area contributed by atoms with Crippen molar-refractivity contribution >= 4 is 40.9 Å². The van der Waals surface area contributed by atoms with Crippen molar-refractivity contribution in [2.75, 3.05) is 0 Å². The van der Waals surface area contributed by atoms with Crippen molar-refractivity contribution in [1.29, 1.82) is 0 Å². The second-order valence-corrected chi connectivity index (χ2v) is 18.2. The van der Waals surface area contributed by atoms with Crippen LogP contribution in [0.15, 0.2) is 94.9 Å². The van der Waals surface area contributed by atoms with E-state index in [2.05, 4.69) is 143 Å². The van der Waals surface area contributed by atoms with Crippen molar-refractivity contribution in [2.24, 2.45) is 9.98 Å². The molecule has 0 fully saturated rings. The second kappa shape index (κ2) is 13.3. The molecule has 2 aromatic carbocycles. The van der Waals surface area contributed by atoms with Crippen LogP contribution in [0.25, 0.3) is 0 Å². The van der Waals surface area contributed by atoms with Gasteiger partial charge in [0.2, 0.25) is 0 Å². The summed E-state index contributed by atoms with van der Waals surface area (Å²) in [7, 11) is 1.25. The number of halogens is 2. The summed E-state index contributed by atoms with van der Waals surface area (Å²) < 4.78 is 0. The van der Waals surface area contributed by atoms with Gasteiger partial charge in [0.05, 0.1) is 23.5 Å². The summed E-state index contributed by atoms with van der Waals surface area (Å²) in [6.45, 7) is 13.2. The molecule has 7 heteroatoms. The fourth-order valence-corrected chi connectivity index (χ4v) is 6.18. The molecule has 2 bridgehead atoms. The molecule has 2 heterocycles. The second-order valence-electron chi connectivity index (χ2n) is 13.2. The first-order chi connectivity index (χ1) is 20.5. The molecule has 0 radical (unpaired) electrons. The average molecular weight is 745 g/mol. The zero-order valence-corrected chi connectivity index (χ0v) is 29.6. The van der Waals surface area contributed by atoms with Gasteiger partial charge in [-0.25, -0.2) is 0 Å². The van der Waals surface area contributed by atoms with E-state index in [0.717, 1.165) is 22.8 Å². The summed E-state index contributed by atoms with van der Waals surface area (Å²) in [6, 6.07) is 30.1. The first-order valence-corrected chi connectivity index (χ1v) is 19.4. The molecule has 7 rings (SSSR count). The Morgan fingerprint density at radius 1 is 0.558 bits per heavy atom. The van der Waals surface area contributed by atoms with Gasteiger partial charge in [0, 0.05) is 46.5 Å². The van der Waals surface area contributed by atoms with Crippen LogP contribution in [-0.2, 0) is 21.7 Å². The maximum absolute atomic E-state index is 5.29. The summed E-state index contributed by atoms with van der Waals surface area (Å²) in [6.07, 6.45) is 3.93. The van der Waals surface area contributed by atoms with E-state index in [4.69, 9.17) is 20.0 Å². The van der Waals surface area contributed by atoms with E-state index in [1.165, 1.54) is 33.2 Å². The van der Waals surface area contributed by atoms with Crippen LogP contribution >= 0.6 is 28.5 Å². The number of aromatic nitrogens is 2. The molecule has 3 aliphatic carbocycles. The predicted molar refractivity (Wildman–Crippen MR) is 183 cm³/mol. The van der Waals surface area contributed by atoms with Gasteiger partial charge < -0.3 is 0 Å². The molecule has 3 aliphatic rings. The van der Waals surface area contributed by atoms with E-state index in [1.807, 2.05) is 24.6 Å². The van der Waals surface area contributed by atoms with Gasteiger partial charge in [-0.05, 0) is 46.5 Å². The Bertz CT molecular complexity index is 1470. The minimum atomic E-state index is -0.0445. The Balaban J connectivity index is 0.00000118. The third-order valence-corrected chi connectivity index (χ3v) is 8.20. The summed E-state index contributed by atoms with van der Waals surface area (Å²) in [5.74, 6) is 0.269. The van der Waals surface area contributed by atoms with E-state index in [0.29, 0.717) is 0 Å². The van der Waals surface area contributed by atoms with Crippen LogP contribution in [0.3, 0.4) is 0 Å². The van der Waals surface area contributed by atoms with Crippen molar-refractivity contribution in [3.05, 3.63) is 130 Å². The zero-order chi connectivity index (χ0) is 30.8. The number of fused-ring (bicyclic) bond motifs is 1. The monoisotopic (exact) mass is 742 g/mol. The molecule has 0 N–H and O–H groups in total. The quantitative estimate of drug-likeness (QED) is 0.155. The van der Waals surface area contributed by atoms with Crippen LogP contribution in [0.2, 0.25) is 0 Å². The van der Waals surface area contributed by atoms with E-state index < -0.39 is 0 Å². The van der Waals surface area contributed by atoms with Gasteiger partial charge in [-0.3, -0.25) is 20.0 Å². The molecule has 4 aromatic rings. The Morgan fingerprint density at radius 3 is 1.19 bits per heavy atom. The van der Waals surface area contributed by atoms with Crippen molar-refractivity contribution in [3.8, 4) is 0 Å². The SMILES string of the molecule is CC(C)(C)c1cccc(C=N[C@@H]2C3c4ccccc4C(c4ccccc43)[C@H]2N=Cc2cccc(C(C)(C)C)n2)n1.[Br][Ni][Br]. The maximum atomic E-state index is 5.29. The van der Waals surface area contributed by atoms with Crippen molar-refractivity contribution in [3.63, 3.8) is 0 Å². The summed E-state index contributed by atoms with van der Waals surface area (Å²) >= 11 is 6.00. The van der Waals surface area contributed by atoms with Gasteiger partial charge in [0.25, 0.3) is 0 Å². The number of benzene rings is 2. The number of aliphatic imine (C=N–C) groups is 2. The molecular formula is C36H38Br2N4Ni. The molecule has 226 valence electrons. The van der Waals surface area contributed by atoms with Crippen molar-refractivity contribution in [2.45, 2.75) is 76.3 Å². The summed E-state index contributed by atoms with van der Waals surface area (Å²) in [5.41, 5.74) is 9.32. The minimum absolute atomic E-state index is 0.0208. The normalized spacial score (nSPS) is 21.0. The predicted octanol–water partition coefficient (Wildman–Crippen LogP) is 9.33. The third-order valence-electron chi connectivity index (χ3n) is 8.20. The molecular weight excluding hydrogens is 707 g/mol. The van der Waals surface area contributed by atoms with E-state index in [-0.39, 0.29) is 34.7 Å². The summed E-state index contributed by atoms with van der Waals surface area (Å²) in [5, 5.41) is 0. The van der Waals surface area contributed by atoms with E-state index in [1.54, 1.807) is 0 Å². The number of nitrogens with zero attached hydrogens (tertiary/aromatic N) is 4. The molecule has 2 atom stereocenters. The van der Waals surface area contributed by atoms with Crippen molar-refractivity contribution in [1.82, 2.24) is 9.97 Å². The van der Waals surface area contributed by atoms with E-state index in [9.17, 15) is 0 Å². The number of pyridine rings is 2.